The molecule has 0 saturated carbocycles. The Morgan fingerprint density at radius 2 is 1.80 bits per heavy atom. The topological polar surface area (TPSA) is 75.7 Å². The maximum atomic E-state index is 12.2. The highest BCUT2D eigenvalue weighted by Crippen LogP contribution is 2.22. The number of carbonyl (C=O) groups excluding carboxylic acids is 1. The lowest BCUT2D eigenvalue weighted by Gasteiger charge is -2.29. The SMILES string of the molecule is CCC(Oc1ccc(N2CCS(=O)(=O)CC2)cc1)C(=O)NCC(C)C. The normalized spacial score (nSPS) is 18.0. The number of benzene rings is 1. The Hall–Kier alpha value is -1.76. The molecule has 1 saturated heterocycles. The Kier molecular flexibility index (Phi) is 6.70. The number of hydrogen-bond donors (Lipinski definition) is 1. The van der Waals surface area contributed by atoms with Gasteiger partial charge in [-0.25, -0.2) is 8.42 Å². The van der Waals surface area contributed by atoms with Gasteiger partial charge >= 0.3 is 0 Å². The number of hydrogen-bond acceptors (Lipinski definition) is 5. The maximum Gasteiger partial charge on any atom is 0.261 e. The van der Waals surface area contributed by atoms with Crippen LogP contribution in [0.15, 0.2) is 24.3 Å². The minimum Gasteiger partial charge on any atom is -0.481 e. The molecule has 1 aliphatic heterocycles. The zero-order valence-electron chi connectivity index (χ0n) is 15.2. The first-order chi connectivity index (χ1) is 11.8. The molecule has 0 radical (unpaired) electrons. The van der Waals surface area contributed by atoms with Gasteiger partial charge in [-0.2, -0.15) is 0 Å². The number of carbonyl (C=O) groups is 1. The van der Waals surface area contributed by atoms with Gasteiger partial charge in [0.1, 0.15) is 5.75 Å². The summed E-state index contributed by atoms with van der Waals surface area (Å²) in [5.74, 6) is 1.33. The second-order valence-electron chi connectivity index (χ2n) is 6.79. The highest BCUT2D eigenvalue weighted by atomic mass is 32.2. The van der Waals surface area contributed by atoms with Crippen LogP contribution in [0.1, 0.15) is 27.2 Å². The summed E-state index contributed by atoms with van der Waals surface area (Å²) in [6, 6.07) is 7.48. The summed E-state index contributed by atoms with van der Waals surface area (Å²) in [5, 5.41) is 2.90. The average Bonchev–Trinajstić information content (AvgIpc) is 2.58. The van der Waals surface area contributed by atoms with Gasteiger partial charge in [0.2, 0.25) is 0 Å². The zero-order valence-corrected chi connectivity index (χ0v) is 16.0. The van der Waals surface area contributed by atoms with Crippen molar-refractivity contribution in [3.05, 3.63) is 24.3 Å². The number of ether oxygens (including phenoxy) is 1. The molecule has 6 nitrogen and oxygen atoms in total. The van der Waals surface area contributed by atoms with Crippen molar-refractivity contribution in [1.29, 1.82) is 0 Å². The van der Waals surface area contributed by atoms with Crippen LogP contribution < -0.4 is 15.0 Å². The molecule has 0 aliphatic carbocycles. The molecule has 1 N–H and O–H groups in total. The van der Waals surface area contributed by atoms with Gasteiger partial charge in [-0.3, -0.25) is 4.79 Å². The predicted molar refractivity (Wildman–Crippen MR) is 99.9 cm³/mol. The van der Waals surface area contributed by atoms with Gasteiger partial charge in [0.15, 0.2) is 15.9 Å². The number of rotatable bonds is 7. The minimum atomic E-state index is -2.88. The fourth-order valence-electron chi connectivity index (χ4n) is 2.61. The van der Waals surface area contributed by atoms with Crippen molar-refractivity contribution in [2.75, 3.05) is 36.0 Å². The predicted octanol–water partition coefficient (Wildman–Crippen LogP) is 1.85. The van der Waals surface area contributed by atoms with E-state index in [1.807, 2.05) is 45.0 Å². The summed E-state index contributed by atoms with van der Waals surface area (Å²) in [7, 11) is -2.88. The van der Waals surface area contributed by atoms with Crippen molar-refractivity contribution in [1.82, 2.24) is 5.32 Å². The fourth-order valence-corrected chi connectivity index (χ4v) is 3.81. The first-order valence-electron chi connectivity index (χ1n) is 8.80. The highest BCUT2D eigenvalue weighted by molar-refractivity contribution is 7.91. The van der Waals surface area contributed by atoms with Crippen LogP contribution in [0.3, 0.4) is 0 Å². The number of nitrogens with one attached hydrogen (secondary N) is 1. The van der Waals surface area contributed by atoms with Crippen LogP contribution in [-0.4, -0.2) is 51.6 Å². The Labute approximate surface area is 150 Å². The molecule has 7 heteroatoms. The van der Waals surface area contributed by atoms with Crippen molar-refractivity contribution in [3.63, 3.8) is 0 Å². The molecular weight excluding hydrogens is 340 g/mol. The van der Waals surface area contributed by atoms with Gasteiger partial charge in [0.25, 0.3) is 5.91 Å². The number of amides is 1. The summed E-state index contributed by atoms with van der Waals surface area (Å²) in [6.07, 6.45) is 0.0834. The molecule has 0 spiro atoms. The van der Waals surface area contributed by atoms with Crippen LogP contribution in [0.4, 0.5) is 5.69 Å². The summed E-state index contributed by atoms with van der Waals surface area (Å²) in [6.45, 7) is 7.67. The standard InChI is InChI=1S/C18H28N2O4S/c1-4-17(18(21)19-13-14(2)3)24-16-7-5-15(6-8-16)20-9-11-25(22,23)12-10-20/h5-8,14,17H,4,9-13H2,1-3H3,(H,19,21). The van der Waals surface area contributed by atoms with Crippen LogP contribution >= 0.6 is 0 Å². The third kappa shape index (κ3) is 5.92. The van der Waals surface area contributed by atoms with Gasteiger partial charge in [-0.15, -0.1) is 0 Å². The Balaban J connectivity index is 1.93. The van der Waals surface area contributed by atoms with Crippen molar-refractivity contribution < 1.29 is 17.9 Å². The summed E-state index contributed by atoms with van der Waals surface area (Å²) >= 11 is 0. The van der Waals surface area contributed by atoms with E-state index in [1.165, 1.54) is 0 Å². The monoisotopic (exact) mass is 368 g/mol. The number of anilines is 1. The smallest absolute Gasteiger partial charge is 0.261 e. The van der Waals surface area contributed by atoms with Crippen LogP contribution in [0.5, 0.6) is 5.75 Å². The minimum absolute atomic E-state index is 0.0958. The molecule has 1 aliphatic rings. The fraction of sp³-hybridized carbons (Fsp3) is 0.611. The molecule has 1 unspecified atom stereocenters. The zero-order chi connectivity index (χ0) is 18.4. The molecule has 140 valence electrons. The molecule has 1 heterocycles. The van der Waals surface area contributed by atoms with Crippen LogP contribution in [0, 0.1) is 5.92 Å². The largest absolute Gasteiger partial charge is 0.481 e. The molecule has 1 fully saturated rings. The van der Waals surface area contributed by atoms with Gasteiger partial charge < -0.3 is 15.0 Å². The lowest BCUT2D eigenvalue weighted by molar-refractivity contribution is -0.128. The number of sulfone groups is 1. The molecule has 0 aromatic heterocycles. The quantitative estimate of drug-likeness (QED) is 0.795. The van der Waals surface area contributed by atoms with Crippen LogP contribution in [-0.2, 0) is 14.6 Å². The number of nitrogens with zero attached hydrogens (tertiary/aromatic N) is 1. The second-order valence-corrected chi connectivity index (χ2v) is 9.09. The van der Waals surface area contributed by atoms with E-state index in [0.717, 1.165) is 5.69 Å². The van der Waals surface area contributed by atoms with E-state index >= 15 is 0 Å². The van der Waals surface area contributed by atoms with Gasteiger partial charge in [0.05, 0.1) is 11.5 Å². The van der Waals surface area contributed by atoms with Gasteiger partial charge in [-0.05, 0) is 36.6 Å². The molecule has 2 rings (SSSR count). The third-order valence-electron chi connectivity index (χ3n) is 4.17. The van der Waals surface area contributed by atoms with Gasteiger partial charge in [0, 0.05) is 25.3 Å². The van der Waals surface area contributed by atoms with E-state index < -0.39 is 15.9 Å². The molecule has 1 aromatic rings. The van der Waals surface area contributed by atoms with E-state index in [1.54, 1.807) is 0 Å². The molecular formula is C18H28N2O4S. The molecule has 1 aromatic carbocycles. The summed E-state index contributed by atoms with van der Waals surface area (Å²) < 4.78 is 28.8. The van der Waals surface area contributed by atoms with Crippen molar-refractivity contribution in [3.8, 4) is 5.75 Å². The van der Waals surface area contributed by atoms with Crippen LogP contribution in [0.2, 0.25) is 0 Å². The lowest BCUT2D eigenvalue weighted by atomic mass is 10.2. The van der Waals surface area contributed by atoms with Crippen molar-refractivity contribution in [2.45, 2.75) is 33.3 Å². The van der Waals surface area contributed by atoms with E-state index in [2.05, 4.69) is 10.2 Å². The lowest BCUT2D eigenvalue weighted by Crippen LogP contribution is -2.40. The van der Waals surface area contributed by atoms with Gasteiger partial charge in [-0.1, -0.05) is 20.8 Å². The second kappa shape index (κ2) is 8.56. The third-order valence-corrected chi connectivity index (χ3v) is 5.78. The van der Waals surface area contributed by atoms with Crippen molar-refractivity contribution in [2.24, 2.45) is 5.92 Å². The first kappa shape index (κ1) is 19.6. The molecule has 1 atom stereocenters. The van der Waals surface area contributed by atoms with Crippen LogP contribution in [0.25, 0.3) is 0 Å². The van der Waals surface area contributed by atoms with E-state index in [9.17, 15) is 13.2 Å². The average molecular weight is 368 g/mol. The first-order valence-corrected chi connectivity index (χ1v) is 10.6. The maximum absolute atomic E-state index is 12.2. The summed E-state index contributed by atoms with van der Waals surface area (Å²) in [5.41, 5.74) is 0.972. The Morgan fingerprint density at radius 3 is 2.32 bits per heavy atom. The molecule has 25 heavy (non-hydrogen) atoms. The Bertz CT molecular complexity index is 657. The van der Waals surface area contributed by atoms with E-state index in [0.29, 0.717) is 37.7 Å². The highest BCUT2D eigenvalue weighted by Gasteiger charge is 2.22. The van der Waals surface area contributed by atoms with E-state index in [-0.39, 0.29) is 17.4 Å². The van der Waals surface area contributed by atoms with Crippen molar-refractivity contribution >= 4 is 21.4 Å². The summed E-state index contributed by atoms with van der Waals surface area (Å²) in [4.78, 5) is 14.2. The Morgan fingerprint density at radius 1 is 1.20 bits per heavy atom. The van der Waals surface area contributed by atoms with E-state index in [4.69, 9.17) is 4.74 Å². The molecule has 0 bridgehead atoms. The molecule has 1 amide bonds.